The first-order valence-electron chi connectivity index (χ1n) is 6.74. The van der Waals surface area contributed by atoms with E-state index in [2.05, 4.69) is 4.98 Å². The number of ketones is 1. The lowest BCUT2D eigenvalue weighted by Crippen LogP contribution is -2.55. The van der Waals surface area contributed by atoms with E-state index < -0.39 is 27.3 Å². The maximum absolute atomic E-state index is 12.2. The zero-order valence-corrected chi connectivity index (χ0v) is 14.0. The fourth-order valence-corrected chi connectivity index (χ4v) is 3.90. The van der Waals surface area contributed by atoms with Gasteiger partial charge in [-0.3, -0.25) is 9.59 Å². The summed E-state index contributed by atoms with van der Waals surface area (Å²) in [4.78, 5) is 27.4. The number of amides is 1. The molecule has 1 amide bonds. The third kappa shape index (κ3) is 3.01. The van der Waals surface area contributed by atoms with Crippen molar-refractivity contribution in [2.24, 2.45) is 17.3 Å². The van der Waals surface area contributed by atoms with Crippen LogP contribution in [0.3, 0.4) is 0 Å². The van der Waals surface area contributed by atoms with Crippen LogP contribution in [0.1, 0.15) is 27.2 Å². The van der Waals surface area contributed by atoms with Gasteiger partial charge in [0.15, 0.2) is 5.03 Å². The first-order valence-corrected chi connectivity index (χ1v) is 8.60. The second kappa shape index (κ2) is 5.62. The highest BCUT2D eigenvalue weighted by atomic mass is 35.5. The van der Waals surface area contributed by atoms with Crippen molar-refractivity contribution in [3.8, 4) is 0 Å². The molecule has 1 aliphatic rings. The predicted molar refractivity (Wildman–Crippen MR) is 80.6 cm³/mol. The molecule has 8 heteroatoms. The zero-order valence-electron chi connectivity index (χ0n) is 12.5. The second-order valence-electron chi connectivity index (χ2n) is 6.06. The van der Waals surface area contributed by atoms with Crippen molar-refractivity contribution in [3.63, 3.8) is 0 Å². The summed E-state index contributed by atoms with van der Waals surface area (Å²) >= 11 is 5.66. The lowest BCUT2D eigenvalue weighted by atomic mass is 9.53. The molecule has 0 spiro atoms. The van der Waals surface area contributed by atoms with Crippen LogP contribution in [0.15, 0.2) is 23.4 Å². The standard InChI is InChI=1S/C14H17ClN2O4S/c1-8(18)10-6-11(14(10,2)3)13(19)17-22(20,21)12-5-4-9(15)7-16-12/h4-5,7,10-11H,6H2,1-3H3,(H,17,19)/t10-,11+/m0/s1. The van der Waals surface area contributed by atoms with E-state index in [1.165, 1.54) is 25.3 Å². The van der Waals surface area contributed by atoms with E-state index in [1.54, 1.807) is 13.8 Å². The molecule has 1 heterocycles. The number of nitrogens with zero attached hydrogens (tertiary/aromatic N) is 1. The summed E-state index contributed by atoms with van der Waals surface area (Å²) in [6.07, 6.45) is 1.55. The molecule has 0 aliphatic heterocycles. The van der Waals surface area contributed by atoms with Crippen LogP contribution in [-0.4, -0.2) is 25.1 Å². The largest absolute Gasteiger partial charge is 0.300 e. The Labute approximate surface area is 134 Å². The van der Waals surface area contributed by atoms with Crippen LogP contribution in [0.2, 0.25) is 5.02 Å². The summed E-state index contributed by atoms with van der Waals surface area (Å²) < 4.78 is 26.3. The molecular weight excluding hydrogens is 328 g/mol. The van der Waals surface area contributed by atoms with Crippen LogP contribution in [0.25, 0.3) is 0 Å². The Balaban J connectivity index is 2.13. The Hall–Kier alpha value is -1.47. The number of rotatable bonds is 4. The Kier molecular flexibility index (Phi) is 4.32. The molecule has 1 fully saturated rings. The van der Waals surface area contributed by atoms with Gasteiger partial charge in [0.05, 0.1) is 5.02 Å². The molecule has 0 aromatic carbocycles. The van der Waals surface area contributed by atoms with Crippen molar-refractivity contribution in [3.05, 3.63) is 23.4 Å². The van der Waals surface area contributed by atoms with Gasteiger partial charge in [0.1, 0.15) is 5.78 Å². The van der Waals surface area contributed by atoms with Gasteiger partial charge in [0, 0.05) is 18.0 Å². The van der Waals surface area contributed by atoms with Crippen LogP contribution in [0.4, 0.5) is 0 Å². The van der Waals surface area contributed by atoms with Crippen LogP contribution in [-0.2, 0) is 19.6 Å². The smallest absolute Gasteiger partial charge is 0.281 e. The number of halogens is 1. The number of carbonyl (C=O) groups is 2. The Bertz CT molecular complexity index is 713. The van der Waals surface area contributed by atoms with Crippen LogP contribution < -0.4 is 4.72 Å². The first-order chi connectivity index (χ1) is 10.1. The van der Waals surface area contributed by atoms with Crippen LogP contribution in [0.5, 0.6) is 0 Å². The molecule has 1 saturated carbocycles. The number of pyridine rings is 1. The van der Waals surface area contributed by atoms with Gasteiger partial charge in [0.25, 0.3) is 10.0 Å². The van der Waals surface area contributed by atoms with Crippen molar-refractivity contribution in [1.29, 1.82) is 0 Å². The third-order valence-corrected chi connectivity index (χ3v) is 5.77. The molecule has 1 aliphatic carbocycles. The van der Waals surface area contributed by atoms with Crippen LogP contribution >= 0.6 is 11.6 Å². The Morgan fingerprint density at radius 3 is 2.41 bits per heavy atom. The summed E-state index contributed by atoms with van der Waals surface area (Å²) in [7, 11) is -4.04. The monoisotopic (exact) mass is 344 g/mol. The number of nitrogens with one attached hydrogen (secondary N) is 1. The fourth-order valence-electron chi connectivity index (χ4n) is 2.84. The topological polar surface area (TPSA) is 93.2 Å². The highest BCUT2D eigenvalue weighted by Crippen LogP contribution is 2.51. The van der Waals surface area contributed by atoms with Crippen molar-refractivity contribution < 1.29 is 18.0 Å². The van der Waals surface area contributed by atoms with Gasteiger partial charge in [0.2, 0.25) is 5.91 Å². The van der Waals surface area contributed by atoms with Crippen molar-refractivity contribution in [1.82, 2.24) is 9.71 Å². The minimum absolute atomic E-state index is 0.0104. The Morgan fingerprint density at radius 2 is 1.95 bits per heavy atom. The number of carbonyl (C=O) groups excluding carboxylic acids is 2. The minimum Gasteiger partial charge on any atom is -0.300 e. The van der Waals surface area contributed by atoms with E-state index in [4.69, 9.17) is 11.6 Å². The zero-order chi connectivity index (χ0) is 16.7. The molecular formula is C14H17ClN2O4S. The van der Waals surface area contributed by atoms with Gasteiger partial charge in [-0.25, -0.2) is 9.71 Å². The van der Waals surface area contributed by atoms with Gasteiger partial charge >= 0.3 is 0 Å². The quantitative estimate of drug-likeness (QED) is 0.898. The second-order valence-corrected chi connectivity index (χ2v) is 8.12. The molecule has 2 rings (SSSR count). The van der Waals surface area contributed by atoms with E-state index in [0.717, 1.165) is 0 Å². The number of sulfonamides is 1. The van der Waals surface area contributed by atoms with Crippen LogP contribution in [0, 0.1) is 17.3 Å². The van der Waals surface area contributed by atoms with Gasteiger partial charge in [-0.1, -0.05) is 25.4 Å². The molecule has 1 N–H and O–H groups in total. The van der Waals surface area contributed by atoms with Gasteiger partial charge in [-0.05, 0) is 30.9 Å². The maximum Gasteiger partial charge on any atom is 0.281 e. The highest BCUT2D eigenvalue weighted by Gasteiger charge is 2.54. The van der Waals surface area contributed by atoms with Crippen molar-refractivity contribution in [2.75, 3.05) is 0 Å². The minimum atomic E-state index is -4.04. The van der Waals surface area contributed by atoms with Gasteiger partial charge in [-0.15, -0.1) is 0 Å². The van der Waals surface area contributed by atoms with E-state index in [9.17, 15) is 18.0 Å². The summed E-state index contributed by atoms with van der Waals surface area (Å²) in [5.74, 6) is -1.35. The fraction of sp³-hybridized carbons (Fsp3) is 0.500. The Morgan fingerprint density at radius 1 is 1.32 bits per heavy atom. The molecule has 1 aromatic rings. The van der Waals surface area contributed by atoms with E-state index in [-0.39, 0.29) is 16.7 Å². The molecule has 0 bridgehead atoms. The number of hydrogen-bond acceptors (Lipinski definition) is 5. The molecule has 0 radical (unpaired) electrons. The SMILES string of the molecule is CC(=O)[C@@H]1C[C@H](C(=O)NS(=O)(=O)c2ccc(Cl)cn2)C1(C)C. The summed E-state index contributed by atoms with van der Waals surface area (Å²) in [6.45, 7) is 5.06. The molecule has 2 atom stereocenters. The first kappa shape index (κ1) is 16.9. The predicted octanol–water partition coefficient (Wildman–Crippen LogP) is 1.79. The average Bonchev–Trinajstić information content (AvgIpc) is 2.36. The van der Waals surface area contributed by atoms with E-state index in [1.807, 2.05) is 4.72 Å². The molecule has 0 saturated heterocycles. The van der Waals surface area contributed by atoms with Crippen molar-refractivity contribution in [2.45, 2.75) is 32.2 Å². The summed E-state index contributed by atoms with van der Waals surface area (Å²) in [5, 5.41) is 0.0280. The highest BCUT2D eigenvalue weighted by molar-refractivity contribution is 7.90. The van der Waals surface area contributed by atoms with E-state index in [0.29, 0.717) is 11.4 Å². The summed E-state index contributed by atoms with van der Waals surface area (Å²) in [6, 6.07) is 2.61. The van der Waals surface area contributed by atoms with E-state index >= 15 is 0 Å². The number of hydrogen-bond donors (Lipinski definition) is 1. The maximum atomic E-state index is 12.2. The molecule has 120 valence electrons. The number of Topliss-reactive ketones (excluding diaryl/α,β-unsaturated/α-hetero) is 1. The third-order valence-electron chi connectivity index (χ3n) is 4.29. The number of aromatic nitrogens is 1. The normalized spacial score (nSPS) is 23.5. The summed E-state index contributed by atoms with van der Waals surface area (Å²) in [5.41, 5.74) is -0.557. The van der Waals surface area contributed by atoms with Gasteiger partial charge in [-0.2, -0.15) is 8.42 Å². The van der Waals surface area contributed by atoms with Gasteiger partial charge < -0.3 is 0 Å². The lowest BCUT2D eigenvalue weighted by Gasteiger charge is -2.49. The lowest BCUT2D eigenvalue weighted by molar-refractivity contribution is -0.147. The molecule has 1 aromatic heterocycles. The molecule has 6 nitrogen and oxygen atoms in total. The van der Waals surface area contributed by atoms with Crippen molar-refractivity contribution >= 4 is 33.3 Å². The molecule has 0 unspecified atom stereocenters. The average molecular weight is 345 g/mol. The molecule has 22 heavy (non-hydrogen) atoms.